The van der Waals surface area contributed by atoms with E-state index in [1.165, 1.54) is 23.5 Å². The molecule has 2 aromatic rings. The van der Waals surface area contributed by atoms with E-state index in [0.717, 1.165) is 23.4 Å². The molecule has 1 unspecified atom stereocenters. The molecule has 8 heteroatoms. The summed E-state index contributed by atoms with van der Waals surface area (Å²) in [7, 11) is 0. The molecule has 1 fully saturated rings. The lowest BCUT2D eigenvalue weighted by atomic mass is 10.1. The monoisotopic (exact) mass is 391 g/mol. The number of benzene rings is 1. The Kier molecular flexibility index (Phi) is 8.09. The van der Waals surface area contributed by atoms with Gasteiger partial charge in [-0.05, 0) is 36.5 Å². The minimum atomic E-state index is -0.254. The predicted molar refractivity (Wildman–Crippen MR) is 98.8 cm³/mol. The van der Waals surface area contributed by atoms with Crippen molar-refractivity contribution < 1.29 is 9.18 Å². The van der Waals surface area contributed by atoms with Crippen molar-refractivity contribution in [2.24, 2.45) is 11.7 Å². The average molecular weight is 392 g/mol. The van der Waals surface area contributed by atoms with E-state index >= 15 is 0 Å². The molecule has 4 nitrogen and oxygen atoms in total. The number of hydrogen-bond acceptors (Lipinski definition) is 4. The standard InChI is InChI=1S/C16H18FN3OS.2ClH/c17-12-5-1-10(2-6-12)7-15-19-14(9-22-15)16(21)20-13(8-18)11-3-4-11;;/h1-2,5-6,9,11,13H,3-4,7-8,18H2,(H,20,21);2*1H. The van der Waals surface area contributed by atoms with Crippen molar-refractivity contribution >= 4 is 42.1 Å². The summed E-state index contributed by atoms with van der Waals surface area (Å²) in [6.45, 7) is 0.461. The highest BCUT2D eigenvalue weighted by atomic mass is 35.5. The lowest BCUT2D eigenvalue weighted by molar-refractivity contribution is 0.0929. The second-order valence-electron chi connectivity index (χ2n) is 5.58. The van der Waals surface area contributed by atoms with Crippen LogP contribution in [-0.2, 0) is 6.42 Å². The lowest BCUT2D eigenvalue weighted by Crippen LogP contribution is -2.41. The Labute approximate surface area is 156 Å². The summed E-state index contributed by atoms with van der Waals surface area (Å²) in [5.41, 5.74) is 7.10. The molecule has 1 atom stereocenters. The molecular formula is C16H20Cl2FN3OS. The Morgan fingerprint density at radius 1 is 1.33 bits per heavy atom. The Morgan fingerprint density at radius 2 is 2.00 bits per heavy atom. The number of rotatable bonds is 6. The minimum Gasteiger partial charge on any atom is -0.346 e. The first kappa shape index (κ1) is 20.8. The molecular weight excluding hydrogens is 372 g/mol. The summed E-state index contributed by atoms with van der Waals surface area (Å²) >= 11 is 1.44. The smallest absolute Gasteiger partial charge is 0.271 e. The van der Waals surface area contributed by atoms with E-state index < -0.39 is 0 Å². The fourth-order valence-corrected chi connectivity index (χ4v) is 3.19. The highest BCUT2D eigenvalue weighted by Crippen LogP contribution is 2.32. The molecule has 24 heavy (non-hydrogen) atoms. The SMILES string of the molecule is Cl.Cl.NCC(NC(=O)c1csc(Cc2ccc(F)cc2)n1)C1CC1. The third kappa shape index (κ3) is 5.41. The van der Waals surface area contributed by atoms with Gasteiger partial charge in [0.15, 0.2) is 0 Å². The maximum absolute atomic E-state index is 12.9. The molecule has 1 heterocycles. The highest BCUT2D eigenvalue weighted by Gasteiger charge is 2.31. The summed E-state index contributed by atoms with van der Waals surface area (Å²) in [6, 6.07) is 6.37. The molecule has 0 aliphatic heterocycles. The Morgan fingerprint density at radius 3 is 2.58 bits per heavy atom. The van der Waals surface area contributed by atoms with E-state index in [1.807, 2.05) is 0 Å². The fourth-order valence-electron chi connectivity index (χ4n) is 2.38. The third-order valence-electron chi connectivity index (χ3n) is 3.81. The van der Waals surface area contributed by atoms with E-state index in [-0.39, 0.29) is 42.6 Å². The number of carbonyl (C=O) groups excluding carboxylic acids is 1. The topological polar surface area (TPSA) is 68.0 Å². The summed E-state index contributed by atoms with van der Waals surface area (Å²) in [6.07, 6.45) is 2.87. The zero-order valence-corrected chi connectivity index (χ0v) is 15.4. The number of nitrogens with zero attached hydrogens (tertiary/aromatic N) is 1. The number of nitrogens with two attached hydrogens (primary N) is 1. The van der Waals surface area contributed by atoms with Gasteiger partial charge in [-0.3, -0.25) is 4.79 Å². The third-order valence-corrected chi connectivity index (χ3v) is 4.66. The zero-order chi connectivity index (χ0) is 15.5. The van der Waals surface area contributed by atoms with Gasteiger partial charge in [0.2, 0.25) is 0 Å². The van der Waals surface area contributed by atoms with Gasteiger partial charge >= 0.3 is 0 Å². The predicted octanol–water partition coefficient (Wildman–Crippen LogP) is 3.18. The molecule has 0 saturated heterocycles. The van der Waals surface area contributed by atoms with Crippen LogP contribution < -0.4 is 11.1 Å². The van der Waals surface area contributed by atoms with Gasteiger partial charge in [0.1, 0.15) is 11.5 Å². The van der Waals surface area contributed by atoms with Gasteiger partial charge in [0.25, 0.3) is 5.91 Å². The highest BCUT2D eigenvalue weighted by molar-refractivity contribution is 7.09. The second-order valence-corrected chi connectivity index (χ2v) is 6.53. The first-order valence-electron chi connectivity index (χ1n) is 7.35. The van der Waals surface area contributed by atoms with Crippen LogP contribution in [0.2, 0.25) is 0 Å². The van der Waals surface area contributed by atoms with Crippen molar-refractivity contribution in [3.63, 3.8) is 0 Å². The van der Waals surface area contributed by atoms with Gasteiger partial charge in [0, 0.05) is 24.4 Å². The molecule has 1 aliphatic rings. The van der Waals surface area contributed by atoms with Crippen molar-refractivity contribution in [3.05, 3.63) is 51.7 Å². The summed E-state index contributed by atoms with van der Waals surface area (Å²) in [5, 5.41) is 5.56. The second kappa shape index (κ2) is 9.32. The first-order valence-corrected chi connectivity index (χ1v) is 8.23. The maximum atomic E-state index is 12.9. The Balaban J connectivity index is 0.00000144. The molecule has 3 N–H and O–H groups in total. The molecule has 132 valence electrons. The molecule has 0 spiro atoms. The van der Waals surface area contributed by atoms with Crippen molar-refractivity contribution in [1.29, 1.82) is 0 Å². The van der Waals surface area contributed by atoms with E-state index in [2.05, 4.69) is 10.3 Å². The van der Waals surface area contributed by atoms with Gasteiger partial charge in [-0.25, -0.2) is 9.37 Å². The molecule has 3 rings (SSSR count). The van der Waals surface area contributed by atoms with Crippen LogP contribution in [-0.4, -0.2) is 23.5 Å². The lowest BCUT2D eigenvalue weighted by Gasteiger charge is -2.14. The van der Waals surface area contributed by atoms with Crippen LogP contribution in [0.5, 0.6) is 0 Å². The van der Waals surface area contributed by atoms with Gasteiger partial charge in [-0.2, -0.15) is 0 Å². The summed E-state index contributed by atoms with van der Waals surface area (Å²) in [5.74, 6) is 0.103. The van der Waals surface area contributed by atoms with Crippen LogP contribution in [0.4, 0.5) is 4.39 Å². The van der Waals surface area contributed by atoms with Crippen molar-refractivity contribution in [2.45, 2.75) is 25.3 Å². The fraction of sp³-hybridized carbons (Fsp3) is 0.375. The quantitative estimate of drug-likeness (QED) is 0.794. The number of halogens is 3. The van der Waals surface area contributed by atoms with Gasteiger partial charge in [-0.1, -0.05) is 12.1 Å². The molecule has 0 radical (unpaired) electrons. The number of aromatic nitrogens is 1. The average Bonchev–Trinajstić information content (AvgIpc) is 3.26. The van der Waals surface area contributed by atoms with E-state index in [1.54, 1.807) is 17.5 Å². The van der Waals surface area contributed by atoms with Crippen molar-refractivity contribution in [2.75, 3.05) is 6.54 Å². The Hall–Kier alpha value is -1.21. The number of nitrogens with one attached hydrogen (secondary N) is 1. The zero-order valence-electron chi connectivity index (χ0n) is 12.9. The van der Waals surface area contributed by atoms with Crippen LogP contribution in [0, 0.1) is 11.7 Å². The first-order chi connectivity index (χ1) is 10.7. The normalized spacial score (nSPS) is 14.2. The largest absolute Gasteiger partial charge is 0.346 e. The van der Waals surface area contributed by atoms with Crippen LogP contribution in [0.1, 0.15) is 33.9 Å². The van der Waals surface area contributed by atoms with E-state index in [9.17, 15) is 9.18 Å². The molecule has 0 bridgehead atoms. The van der Waals surface area contributed by atoms with Crippen molar-refractivity contribution in [3.8, 4) is 0 Å². The Bertz CT molecular complexity index is 662. The number of thiazole rings is 1. The molecule has 1 amide bonds. The van der Waals surface area contributed by atoms with Crippen LogP contribution in [0.25, 0.3) is 0 Å². The van der Waals surface area contributed by atoms with E-state index in [4.69, 9.17) is 5.73 Å². The molecule has 1 aromatic heterocycles. The number of hydrogen-bond donors (Lipinski definition) is 2. The molecule has 1 saturated carbocycles. The van der Waals surface area contributed by atoms with Crippen molar-refractivity contribution in [1.82, 2.24) is 10.3 Å². The van der Waals surface area contributed by atoms with Gasteiger partial charge in [-0.15, -0.1) is 36.2 Å². The number of amides is 1. The summed E-state index contributed by atoms with van der Waals surface area (Å²) < 4.78 is 12.9. The van der Waals surface area contributed by atoms with Crippen LogP contribution in [0.15, 0.2) is 29.6 Å². The van der Waals surface area contributed by atoms with Crippen LogP contribution in [0.3, 0.4) is 0 Å². The number of carbonyl (C=O) groups is 1. The maximum Gasteiger partial charge on any atom is 0.271 e. The van der Waals surface area contributed by atoms with Gasteiger partial charge < -0.3 is 11.1 Å². The van der Waals surface area contributed by atoms with Gasteiger partial charge in [0.05, 0.1) is 5.01 Å². The molecule has 1 aromatic carbocycles. The van der Waals surface area contributed by atoms with Crippen LogP contribution >= 0.6 is 36.2 Å². The minimum absolute atomic E-state index is 0. The summed E-state index contributed by atoms with van der Waals surface area (Å²) in [4.78, 5) is 16.6. The van der Waals surface area contributed by atoms with E-state index in [0.29, 0.717) is 24.6 Å². The molecule has 1 aliphatic carbocycles.